The van der Waals surface area contributed by atoms with E-state index in [1.165, 1.54) is 24.8 Å². The highest BCUT2D eigenvalue weighted by Gasteiger charge is 2.60. The predicted molar refractivity (Wildman–Crippen MR) is 141 cm³/mol. The molecule has 2 aromatic carbocycles. The van der Waals surface area contributed by atoms with Crippen molar-refractivity contribution in [3.63, 3.8) is 0 Å². The number of rotatable bonds is 6. The van der Waals surface area contributed by atoms with E-state index in [4.69, 9.17) is 0 Å². The Labute approximate surface area is 207 Å². The van der Waals surface area contributed by atoms with Crippen LogP contribution >= 0.6 is 0 Å². The molecule has 4 nitrogen and oxygen atoms in total. The average molecular weight is 469 g/mol. The van der Waals surface area contributed by atoms with E-state index in [2.05, 4.69) is 48.0 Å². The van der Waals surface area contributed by atoms with Gasteiger partial charge in [-0.15, -0.1) is 0 Å². The number of aryl methyl sites for hydroxylation is 2. The van der Waals surface area contributed by atoms with Gasteiger partial charge in [0.1, 0.15) is 5.56 Å². The molecule has 2 unspecified atom stereocenters. The zero-order valence-electron chi connectivity index (χ0n) is 21.0. The quantitative estimate of drug-likeness (QED) is 0.474. The zero-order valence-corrected chi connectivity index (χ0v) is 21.0. The lowest BCUT2D eigenvalue weighted by atomic mass is 9.43. The smallest absolute Gasteiger partial charge is 0.257 e. The average Bonchev–Trinajstić information content (AvgIpc) is 2.78. The van der Waals surface area contributed by atoms with Crippen molar-refractivity contribution in [1.29, 1.82) is 0 Å². The van der Waals surface area contributed by atoms with Crippen LogP contribution in [0.2, 0.25) is 0 Å². The molecule has 0 aliphatic heterocycles. The number of carbonyl (C=O) groups excluding carboxylic acids is 1. The fraction of sp³-hybridized carbons (Fsp3) is 0.484. The van der Waals surface area contributed by atoms with Crippen molar-refractivity contribution in [1.82, 2.24) is 9.88 Å². The Kier molecular flexibility index (Phi) is 5.21. The molecule has 4 aliphatic rings. The third-order valence-corrected chi connectivity index (χ3v) is 8.94. The fourth-order valence-electron chi connectivity index (χ4n) is 8.69. The predicted octanol–water partition coefficient (Wildman–Crippen LogP) is 6.11. The lowest BCUT2D eigenvalue weighted by Gasteiger charge is -2.65. The molecule has 1 N–H and O–H groups in total. The molecule has 1 heterocycles. The van der Waals surface area contributed by atoms with Crippen molar-refractivity contribution < 1.29 is 4.79 Å². The van der Waals surface area contributed by atoms with Gasteiger partial charge in [-0.05, 0) is 85.8 Å². The van der Waals surface area contributed by atoms with Crippen molar-refractivity contribution in [3.05, 3.63) is 82.1 Å². The maximum Gasteiger partial charge on any atom is 0.257 e. The van der Waals surface area contributed by atoms with Crippen LogP contribution in [0.3, 0.4) is 0 Å². The molecule has 0 saturated heterocycles. The summed E-state index contributed by atoms with van der Waals surface area (Å²) in [5.41, 5.74) is 2.78. The SMILES string of the molecule is C[C@]12CC3CC(NC(=O)c4cn(CCCc5ccccc5)c5ccccc5c4=O)(C1)C[C@@](C)(C3)C2. The van der Waals surface area contributed by atoms with E-state index in [1.54, 1.807) is 0 Å². The van der Waals surface area contributed by atoms with Crippen molar-refractivity contribution in [2.24, 2.45) is 16.7 Å². The molecule has 4 saturated carbocycles. The number of carbonyl (C=O) groups is 1. The van der Waals surface area contributed by atoms with Crippen molar-refractivity contribution >= 4 is 16.8 Å². The molecule has 3 aromatic rings. The van der Waals surface area contributed by atoms with E-state index in [9.17, 15) is 9.59 Å². The zero-order chi connectivity index (χ0) is 24.3. The minimum absolute atomic E-state index is 0.153. The van der Waals surface area contributed by atoms with Crippen molar-refractivity contribution in [3.8, 4) is 0 Å². The molecule has 1 aromatic heterocycles. The molecule has 4 heteroatoms. The monoisotopic (exact) mass is 468 g/mol. The molecular weight excluding hydrogens is 432 g/mol. The minimum Gasteiger partial charge on any atom is -0.346 e. The number of aromatic nitrogens is 1. The van der Waals surface area contributed by atoms with E-state index in [1.807, 2.05) is 36.5 Å². The largest absolute Gasteiger partial charge is 0.346 e. The summed E-state index contributed by atoms with van der Waals surface area (Å²) in [6, 6.07) is 18.2. The molecule has 4 bridgehead atoms. The molecule has 0 spiro atoms. The number of hydrogen-bond acceptors (Lipinski definition) is 2. The van der Waals surface area contributed by atoms with Crippen LogP contribution in [0, 0.1) is 16.7 Å². The number of nitrogens with zero attached hydrogens (tertiary/aromatic N) is 1. The standard InChI is InChI=1S/C31H36N2O2/c1-29-15-23-16-30(2,19-29)21-31(17-23,20-29)32-28(35)25-18-33(14-8-11-22-9-4-3-5-10-22)26-13-7-6-12-24(26)27(25)34/h3-7,9-10,12-13,18,23H,8,11,14-17,19-21H2,1-2H3,(H,32,35)/t23?,29-,30+,31?. The lowest BCUT2D eigenvalue weighted by molar-refractivity contribution is -0.114. The first kappa shape index (κ1) is 22.6. The van der Waals surface area contributed by atoms with Gasteiger partial charge in [-0.2, -0.15) is 0 Å². The van der Waals surface area contributed by atoms with Crippen LogP contribution in [0.4, 0.5) is 0 Å². The van der Waals surface area contributed by atoms with Gasteiger partial charge >= 0.3 is 0 Å². The van der Waals surface area contributed by atoms with Gasteiger partial charge in [0.25, 0.3) is 5.91 Å². The second-order valence-corrected chi connectivity index (χ2v) is 12.5. The molecule has 7 rings (SSSR count). The highest BCUT2D eigenvalue weighted by Crippen LogP contribution is 2.66. The first-order valence-electron chi connectivity index (χ1n) is 13.2. The summed E-state index contributed by atoms with van der Waals surface area (Å²) in [5.74, 6) is 0.500. The summed E-state index contributed by atoms with van der Waals surface area (Å²) < 4.78 is 2.11. The van der Waals surface area contributed by atoms with Crippen LogP contribution in [0.5, 0.6) is 0 Å². The Morgan fingerprint density at radius 3 is 2.34 bits per heavy atom. The second-order valence-electron chi connectivity index (χ2n) is 12.5. The molecule has 4 atom stereocenters. The first-order valence-corrected chi connectivity index (χ1v) is 13.2. The second kappa shape index (κ2) is 8.08. The minimum atomic E-state index is -0.188. The van der Waals surface area contributed by atoms with E-state index in [0.717, 1.165) is 44.2 Å². The fourth-order valence-corrected chi connectivity index (χ4v) is 8.69. The molecule has 4 aliphatic carbocycles. The van der Waals surface area contributed by atoms with Crippen molar-refractivity contribution in [2.75, 3.05) is 0 Å². The lowest BCUT2D eigenvalue weighted by Crippen LogP contribution is -2.65. The van der Waals surface area contributed by atoms with Gasteiger partial charge in [-0.1, -0.05) is 56.3 Å². The summed E-state index contributed by atoms with van der Waals surface area (Å²) in [4.78, 5) is 27.2. The highest BCUT2D eigenvalue weighted by atomic mass is 16.2. The Morgan fingerprint density at radius 1 is 0.943 bits per heavy atom. The summed E-state index contributed by atoms with van der Waals surface area (Å²) in [6.45, 7) is 5.58. The van der Waals surface area contributed by atoms with Crippen LogP contribution in [-0.2, 0) is 13.0 Å². The molecular formula is C31H36N2O2. The van der Waals surface area contributed by atoms with Gasteiger partial charge in [-0.25, -0.2) is 0 Å². The molecule has 4 fully saturated rings. The van der Waals surface area contributed by atoms with Gasteiger partial charge in [-0.3, -0.25) is 9.59 Å². The molecule has 1 amide bonds. The number of fused-ring (bicyclic) bond motifs is 1. The first-order chi connectivity index (χ1) is 16.8. The third kappa shape index (κ3) is 4.11. The van der Waals surface area contributed by atoms with E-state index >= 15 is 0 Å². The Hall–Kier alpha value is -2.88. The Balaban J connectivity index is 1.29. The van der Waals surface area contributed by atoms with Crippen LogP contribution in [0.15, 0.2) is 65.6 Å². The van der Waals surface area contributed by atoms with E-state index in [0.29, 0.717) is 22.1 Å². The van der Waals surface area contributed by atoms with Gasteiger partial charge < -0.3 is 9.88 Å². The van der Waals surface area contributed by atoms with Crippen molar-refractivity contribution in [2.45, 2.75) is 77.3 Å². The number of benzene rings is 2. The number of para-hydroxylation sites is 1. The van der Waals surface area contributed by atoms with Gasteiger partial charge in [0.2, 0.25) is 5.43 Å². The van der Waals surface area contributed by atoms with Gasteiger partial charge in [0, 0.05) is 23.7 Å². The van der Waals surface area contributed by atoms with E-state index in [-0.39, 0.29) is 22.4 Å². The van der Waals surface area contributed by atoms with Crippen LogP contribution < -0.4 is 10.7 Å². The number of hydrogen-bond donors (Lipinski definition) is 1. The number of amides is 1. The Bertz CT molecular complexity index is 1320. The number of pyridine rings is 1. The summed E-state index contributed by atoms with van der Waals surface area (Å²) in [7, 11) is 0. The normalized spacial score (nSPS) is 31.1. The van der Waals surface area contributed by atoms with Gasteiger partial charge in [0.15, 0.2) is 0 Å². The Morgan fingerprint density at radius 2 is 1.63 bits per heavy atom. The van der Waals surface area contributed by atoms with Crippen LogP contribution in [0.1, 0.15) is 74.7 Å². The highest BCUT2D eigenvalue weighted by molar-refractivity contribution is 5.97. The maximum absolute atomic E-state index is 13.7. The molecule has 0 radical (unpaired) electrons. The van der Waals surface area contributed by atoms with Crippen LogP contribution in [0.25, 0.3) is 10.9 Å². The molecule has 35 heavy (non-hydrogen) atoms. The van der Waals surface area contributed by atoms with E-state index < -0.39 is 0 Å². The molecule has 182 valence electrons. The third-order valence-electron chi connectivity index (χ3n) is 8.94. The summed E-state index contributed by atoms with van der Waals surface area (Å²) in [6.07, 6.45) is 10.7. The van der Waals surface area contributed by atoms with Crippen LogP contribution in [-0.4, -0.2) is 16.0 Å². The summed E-state index contributed by atoms with van der Waals surface area (Å²) >= 11 is 0. The topological polar surface area (TPSA) is 51.1 Å². The maximum atomic E-state index is 13.7. The summed E-state index contributed by atoms with van der Waals surface area (Å²) in [5, 5.41) is 4.08. The van der Waals surface area contributed by atoms with Gasteiger partial charge in [0.05, 0.1) is 5.52 Å². The number of nitrogens with one attached hydrogen (secondary N) is 1.